The number of aryl methyl sites for hydroxylation is 2. The molecule has 0 saturated heterocycles. The first kappa shape index (κ1) is 10.2. The summed E-state index contributed by atoms with van der Waals surface area (Å²) in [6.45, 7) is 5.21. The van der Waals surface area contributed by atoms with Gasteiger partial charge in [0.05, 0.1) is 5.52 Å². The van der Waals surface area contributed by atoms with Gasteiger partial charge in [-0.05, 0) is 37.1 Å². The van der Waals surface area contributed by atoms with E-state index in [0.29, 0.717) is 0 Å². The Bertz CT molecular complexity index is 471. The SMILES string of the molecule is CCCCn1cc(C)c2ccc(F)cc21. The molecule has 1 heterocycles. The van der Waals surface area contributed by atoms with E-state index in [1.807, 2.05) is 6.07 Å². The summed E-state index contributed by atoms with van der Waals surface area (Å²) < 4.78 is 15.3. The summed E-state index contributed by atoms with van der Waals surface area (Å²) in [6, 6.07) is 5.01. The summed E-state index contributed by atoms with van der Waals surface area (Å²) in [4.78, 5) is 0. The zero-order valence-electron chi connectivity index (χ0n) is 9.26. The molecule has 0 amide bonds. The third-order valence-corrected chi connectivity index (χ3v) is 2.80. The van der Waals surface area contributed by atoms with E-state index in [-0.39, 0.29) is 5.82 Å². The van der Waals surface area contributed by atoms with Crippen molar-refractivity contribution < 1.29 is 4.39 Å². The van der Waals surface area contributed by atoms with E-state index in [1.54, 1.807) is 6.07 Å². The van der Waals surface area contributed by atoms with Gasteiger partial charge in [0.2, 0.25) is 0 Å². The highest BCUT2D eigenvalue weighted by Crippen LogP contribution is 2.22. The van der Waals surface area contributed by atoms with Crippen molar-refractivity contribution in [2.75, 3.05) is 0 Å². The van der Waals surface area contributed by atoms with Gasteiger partial charge < -0.3 is 4.57 Å². The van der Waals surface area contributed by atoms with Crippen LogP contribution in [0.1, 0.15) is 25.3 Å². The minimum atomic E-state index is -0.154. The highest BCUT2D eigenvalue weighted by atomic mass is 19.1. The molecular formula is C13H16FN. The van der Waals surface area contributed by atoms with Crippen LogP contribution >= 0.6 is 0 Å². The molecule has 0 aliphatic rings. The number of unbranched alkanes of at least 4 members (excludes halogenated alkanes) is 1. The molecule has 2 aromatic rings. The number of rotatable bonds is 3. The van der Waals surface area contributed by atoms with Crippen molar-refractivity contribution >= 4 is 10.9 Å². The number of hydrogen-bond donors (Lipinski definition) is 0. The summed E-state index contributed by atoms with van der Waals surface area (Å²) in [7, 11) is 0. The molecule has 2 heteroatoms. The van der Waals surface area contributed by atoms with Crippen LogP contribution in [0.15, 0.2) is 24.4 Å². The summed E-state index contributed by atoms with van der Waals surface area (Å²) in [5, 5.41) is 1.16. The molecule has 0 radical (unpaired) electrons. The van der Waals surface area contributed by atoms with Crippen molar-refractivity contribution in [3.8, 4) is 0 Å². The van der Waals surface area contributed by atoms with Crippen molar-refractivity contribution in [2.24, 2.45) is 0 Å². The fourth-order valence-electron chi connectivity index (χ4n) is 1.96. The average molecular weight is 205 g/mol. The number of fused-ring (bicyclic) bond motifs is 1. The Hall–Kier alpha value is -1.31. The van der Waals surface area contributed by atoms with E-state index in [0.717, 1.165) is 30.3 Å². The summed E-state index contributed by atoms with van der Waals surface area (Å²) >= 11 is 0. The van der Waals surface area contributed by atoms with Gasteiger partial charge in [0.25, 0.3) is 0 Å². The zero-order valence-corrected chi connectivity index (χ0v) is 9.26. The minimum absolute atomic E-state index is 0.154. The molecule has 0 bridgehead atoms. The lowest BCUT2D eigenvalue weighted by molar-refractivity contribution is 0.623. The minimum Gasteiger partial charge on any atom is -0.347 e. The summed E-state index contributed by atoms with van der Waals surface area (Å²) in [6.07, 6.45) is 4.41. The molecule has 1 aromatic carbocycles. The van der Waals surface area contributed by atoms with Crippen LogP contribution in [0.5, 0.6) is 0 Å². The Morgan fingerprint density at radius 3 is 2.87 bits per heavy atom. The van der Waals surface area contributed by atoms with Crippen LogP contribution in [-0.2, 0) is 6.54 Å². The smallest absolute Gasteiger partial charge is 0.125 e. The quantitative estimate of drug-likeness (QED) is 0.716. The van der Waals surface area contributed by atoms with E-state index in [9.17, 15) is 4.39 Å². The van der Waals surface area contributed by atoms with Crippen LogP contribution in [0.3, 0.4) is 0 Å². The Morgan fingerprint density at radius 2 is 2.13 bits per heavy atom. The van der Waals surface area contributed by atoms with Gasteiger partial charge in [-0.15, -0.1) is 0 Å². The molecule has 0 spiro atoms. The second kappa shape index (κ2) is 4.05. The second-order valence-electron chi connectivity index (χ2n) is 4.02. The molecule has 1 nitrogen and oxygen atoms in total. The molecule has 0 aliphatic heterocycles. The maximum absolute atomic E-state index is 13.1. The number of hydrogen-bond acceptors (Lipinski definition) is 0. The van der Waals surface area contributed by atoms with Crippen LogP contribution < -0.4 is 0 Å². The Morgan fingerprint density at radius 1 is 1.33 bits per heavy atom. The van der Waals surface area contributed by atoms with Crippen LogP contribution in [0, 0.1) is 12.7 Å². The predicted molar refractivity (Wildman–Crippen MR) is 61.5 cm³/mol. The molecule has 0 atom stereocenters. The Labute approximate surface area is 89.5 Å². The highest BCUT2D eigenvalue weighted by Gasteiger charge is 2.05. The summed E-state index contributed by atoms with van der Waals surface area (Å²) in [5.74, 6) is -0.154. The monoisotopic (exact) mass is 205 g/mol. The predicted octanol–water partition coefficient (Wildman–Crippen LogP) is 3.89. The van der Waals surface area contributed by atoms with Crippen LogP contribution in [-0.4, -0.2) is 4.57 Å². The lowest BCUT2D eigenvalue weighted by Gasteiger charge is -2.03. The van der Waals surface area contributed by atoms with E-state index in [1.165, 1.54) is 11.6 Å². The zero-order chi connectivity index (χ0) is 10.8. The van der Waals surface area contributed by atoms with Gasteiger partial charge in [0, 0.05) is 18.1 Å². The molecule has 0 saturated carbocycles. The normalized spacial score (nSPS) is 11.1. The van der Waals surface area contributed by atoms with Gasteiger partial charge >= 0.3 is 0 Å². The Balaban J connectivity index is 2.49. The van der Waals surface area contributed by atoms with Crippen molar-refractivity contribution in [1.82, 2.24) is 4.57 Å². The average Bonchev–Trinajstić information content (AvgIpc) is 2.52. The van der Waals surface area contributed by atoms with Crippen molar-refractivity contribution in [3.05, 3.63) is 35.8 Å². The van der Waals surface area contributed by atoms with Crippen molar-refractivity contribution in [3.63, 3.8) is 0 Å². The maximum atomic E-state index is 13.1. The molecule has 0 unspecified atom stereocenters. The fourth-order valence-corrected chi connectivity index (χ4v) is 1.96. The highest BCUT2D eigenvalue weighted by molar-refractivity contribution is 5.83. The van der Waals surface area contributed by atoms with Gasteiger partial charge in [-0.25, -0.2) is 4.39 Å². The van der Waals surface area contributed by atoms with Gasteiger partial charge in [-0.1, -0.05) is 13.3 Å². The molecule has 0 N–H and O–H groups in total. The maximum Gasteiger partial charge on any atom is 0.125 e. The van der Waals surface area contributed by atoms with E-state index >= 15 is 0 Å². The van der Waals surface area contributed by atoms with Crippen molar-refractivity contribution in [1.29, 1.82) is 0 Å². The molecule has 0 fully saturated rings. The number of nitrogens with zero attached hydrogens (tertiary/aromatic N) is 1. The number of benzene rings is 1. The lowest BCUT2D eigenvalue weighted by atomic mass is 10.2. The summed E-state index contributed by atoms with van der Waals surface area (Å²) in [5.41, 5.74) is 2.24. The van der Waals surface area contributed by atoms with Crippen LogP contribution in [0.4, 0.5) is 4.39 Å². The van der Waals surface area contributed by atoms with Crippen LogP contribution in [0.25, 0.3) is 10.9 Å². The second-order valence-corrected chi connectivity index (χ2v) is 4.02. The topological polar surface area (TPSA) is 4.93 Å². The first-order chi connectivity index (χ1) is 7.22. The largest absolute Gasteiger partial charge is 0.347 e. The lowest BCUT2D eigenvalue weighted by Crippen LogP contribution is -1.95. The molecule has 1 aromatic heterocycles. The Kier molecular flexibility index (Phi) is 2.76. The van der Waals surface area contributed by atoms with Gasteiger partial charge in [-0.3, -0.25) is 0 Å². The third-order valence-electron chi connectivity index (χ3n) is 2.80. The molecule has 80 valence electrons. The molecular weight excluding hydrogens is 189 g/mol. The van der Waals surface area contributed by atoms with Gasteiger partial charge in [0.1, 0.15) is 5.82 Å². The van der Waals surface area contributed by atoms with Gasteiger partial charge in [-0.2, -0.15) is 0 Å². The first-order valence-corrected chi connectivity index (χ1v) is 5.47. The molecule has 15 heavy (non-hydrogen) atoms. The van der Waals surface area contributed by atoms with E-state index < -0.39 is 0 Å². The van der Waals surface area contributed by atoms with Crippen molar-refractivity contribution in [2.45, 2.75) is 33.2 Å². The molecule has 2 rings (SSSR count). The standard InChI is InChI=1S/C13H16FN/c1-3-4-7-15-9-10(2)12-6-5-11(14)8-13(12)15/h5-6,8-9H,3-4,7H2,1-2H3. The third kappa shape index (κ3) is 1.89. The van der Waals surface area contributed by atoms with Crippen LogP contribution in [0.2, 0.25) is 0 Å². The van der Waals surface area contributed by atoms with E-state index in [2.05, 4.69) is 24.6 Å². The number of halogens is 1. The molecule has 0 aliphatic carbocycles. The fraction of sp³-hybridized carbons (Fsp3) is 0.385. The number of aromatic nitrogens is 1. The van der Waals surface area contributed by atoms with Gasteiger partial charge in [0.15, 0.2) is 0 Å². The first-order valence-electron chi connectivity index (χ1n) is 5.47. The van der Waals surface area contributed by atoms with E-state index in [4.69, 9.17) is 0 Å².